The van der Waals surface area contributed by atoms with Crippen molar-refractivity contribution in [1.29, 1.82) is 0 Å². The molecule has 0 heterocycles. The molecule has 0 amide bonds. The first kappa shape index (κ1) is 42.2. The Bertz CT molecular complexity index is 263. The number of hydrogen-bond acceptors (Lipinski definition) is 0. The van der Waals surface area contributed by atoms with E-state index >= 15 is 0 Å². The molecular weight excluding hydrogens is 480 g/mol. The minimum atomic E-state index is 0. The fourth-order valence-corrected chi connectivity index (χ4v) is 5.10. The normalized spacial score (nSPS) is 10.7. The quantitative estimate of drug-likeness (QED) is 0.0470. The van der Waals surface area contributed by atoms with Crippen molar-refractivity contribution in [3.05, 3.63) is 13.8 Å². The summed E-state index contributed by atoms with van der Waals surface area (Å²) in [5.41, 5.74) is 0. The van der Waals surface area contributed by atoms with Gasteiger partial charge in [-0.1, -0.05) is 206 Å². The zero-order valence-corrected chi connectivity index (χ0v) is 28.1. The molecule has 0 aromatic heterocycles. The third-order valence-electron chi connectivity index (χ3n) is 7.71. The van der Waals surface area contributed by atoms with Crippen molar-refractivity contribution in [2.24, 2.45) is 0 Å². The summed E-state index contributed by atoms with van der Waals surface area (Å²) in [6.45, 7) is 12.4. The van der Waals surface area contributed by atoms with E-state index in [1.54, 1.807) is 0 Å². The molecule has 0 unspecified atom stereocenters. The maximum absolute atomic E-state index is 3.88. The second-order valence-corrected chi connectivity index (χ2v) is 11.6. The molecule has 0 bridgehead atoms. The van der Waals surface area contributed by atoms with Gasteiger partial charge >= 0.3 is 21.7 Å². The van der Waals surface area contributed by atoms with E-state index in [0.29, 0.717) is 0 Å². The van der Waals surface area contributed by atoms with Crippen LogP contribution in [0.5, 0.6) is 0 Å². The van der Waals surface area contributed by atoms with Crippen molar-refractivity contribution in [2.75, 3.05) is 0 Å². The summed E-state index contributed by atoms with van der Waals surface area (Å²) in [5.74, 6) is 0. The number of hydrogen-bond donors (Lipinski definition) is 0. The minimum absolute atomic E-state index is 0. The molecule has 0 aliphatic heterocycles. The Morgan fingerprint density at radius 2 is 0.378 bits per heavy atom. The Kier molecular flexibility index (Phi) is 49.9. The van der Waals surface area contributed by atoms with Crippen molar-refractivity contribution in [3.8, 4) is 0 Å². The molecular formula is C36H74Ti. The van der Waals surface area contributed by atoms with Crippen molar-refractivity contribution in [1.82, 2.24) is 0 Å². The standard InChI is InChI=1S/2C18H37.Ti/c2*1-3-5-7-9-11-13-15-17-18-16-14-12-10-8-6-4-2;/h2*1,3-18H2,2H3;/q2*-1;+2. The molecule has 0 atom stereocenters. The Morgan fingerprint density at radius 1 is 0.243 bits per heavy atom. The van der Waals surface area contributed by atoms with Crippen LogP contribution in [0.4, 0.5) is 0 Å². The number of unbranched alkanes of at least 4 members (excludes halogenated alkanes) is 30. The predicted molar refractivity (Wildman–Crippen MR) is 170 cm³/mol. The van der Waals surface area contributed by atoms with Gasteiger partial charge in [0, 0.05) is 0 Å². The van der Waals surface area contributed by atoms with Crippen LogP contribution in [0.25, 0.3) is 0 Å². The summed E-state index contributed by atoms with van der Waals surface area (Å²) in [7, 11) is 0. The Labute approximate surface area is 254 Å². The fourth-order valence-electron chi connectivity index (χ4n) is 5.10. The molecule has 0 spiro atoms. The van der Waals surface area contributed by atoms with Crippen LogP contribution in [0.2, 0.25) is 0 Å². The molecule has 0 aromatic rings. The second kappa shape index (κ2) is 43.8. The van der Waals surface area contributed by atoms with E-state index in [-0.39, 0.29) is 21.7 Å². The topological polar surface area (TPSA) is 0 Å². The zero-order chi connectivity index (χ0) is 26.6. The number of rotatable bonds is 30. The largest absolute Gasteiger partial charge is 2.00 e. The van der Waals surface area contributed by atoms with Crippen LogP contribution in [0, 0.1) is 13.8 Å². The van der Waals surface area contributed by atoms with Crippen LogP contribution in [0.3, 0.4) is 0 Å². The molecule has 0 aliphatic rings. The van der Waals surface area contributed by atoms with Crippen molar-refractivity contribution in [2.45, 2.75) is 219 Å². The van der Waals surface area contributed by atoms with Gasteiger partial charge in [-0.05, 0) is 0 Å². The van der Waals surface area contributed by atoms with Crippen LogP contribution in [-0.4, -0.2) is 0 Å². The Morgan fingerprint density at radius 3 is 0.514 bits per heavy atom. The van der Waals surface area contributed by atoms with Crippen molar-refractivity contribution < 1.29 is 21.7 Å². The first-order chi connectivity index (χ1) is 17.8. The van der Waals surface area contributed by atoms with Gasteiger partial charge in [0.15, 0.2) is 0 Å². The predicted octanol–water partition coefficient (Wildman–Crippen LogP) is 14.2. The second-order valence-electron chi connectivity index (χ2n) is 11.6. The maximum Gasteiger partial charge on any atom is 2.00 e. The van der Waals surface area contributed by atoms with E-state index in [9.17, 15) is 0 Å². The van der Waals surface area contributed by atoms with Gasteiger partial charge in [0.05, 0.1) is 0 Å². The van der Waals surface area contributed by atoms with Crippen molar-refractivity contribution >= 4 is 0 Å². The summed E-state index contributed by atoms with van der Waals surface area (Å²) >= 11 is 0. The van der Waals surface area contributed by atoms with Crippen LogP contribution in [0.1, 0.15) is 219 Å². The van der Waals surface area contributed by atoms with E-state index in [1.165, 1.54) is 193 Å². The molecule has 0 aromatic carbocycles. The molecule has 37 heavy (non-hydrogen) atoms. The molecule has 0 radical (unpaired) electrons. The van der Waals surface area contributed by atoms with Gasteiger partial charge in [0.2, 0.25) is 0 Å². The average Bonchev–Trinajstić information content (AvgIpc) is 2.89. The SMILES string of the molecule is [CH2-]CCCCCCCCCCCCCCCCC.[CH2-]CCCCCCCCCCCCCCCCC.[Ti+2]. The van der Waals surface area contributed by atoms with Gasteiger partial charge in [-0.3, -0.25) is 0 Å². The van der Waals surface area contributed by atoms with Gasteiger partial charge in [-0.15, -0.1) is 0 Å². The van der Waals surface area contributed by atoms with E-state index in [1.807, 2.05) is 0 Å². The summed E-state index contributed by atoms with van der Waals surface area (Å²) in [5, 5.41) is 0. The molecule has 1 heteroatoms. The van der Waals surface area contributed by atoms with Crippen molar-refractivity contribution in [3.63, 3.8) is 0 Å². The maximum atomic E-state index is 3.88. The third-order valence-corrected chi connectivity index (χ3v) is 7.71. The Balaban J connectivity index is -0.000000608. The van der Waals surface area contributed by atoms with Gasteiger partial charge < -0.3 is 13.8 Å². The van der Waals surface area contributed by atoms with E-state index in [0.717, 1.165) is 12.8 Å². The molecule has 0 rings (SSSR count). The molecule has 0 aliphatic carbocycles. The van der Waals surface area contributed by atoms with Gasteiger partial charge in [0.1, 0.15) is 0 Å². The summed E-state index contributed by atoms with van der Waals surface area (Å²) in [4.78, 5) is 0. The molecule has 0 N–H and O–H groups in total. The minimum Gasteiger partial charge on any atom is -0.343 e. The van der Waals surface area contributed by atoms with Gasteiger partial charge in [0.25, 0.3) is 0 Å². The van der Waals surface area contributed by atoms with Gasteiger partial charge in [-0.25, -0.2) is 0 Å². The monoisotopic (exact) mass is 555 g/mol. The van der Waals surface area contributed by atoms with Crippen LogP contribution >= 0.6 is 0 Å². The molecule has 0 saturated carbocycles. The van der Waals surface area contributed by atoms with E-state index in [4.69, 9.17) is 0 Å². The molecule has 222 valence electrons. The molecule has 0 fully saturated rings. The van der Waals surface area contributed by atoms with E-state index in [2.05, 4.69) is 27.7 Å². The summed E-state index contributed by atoms with van der Waals surface area (Å²) in [6, 6.07) is 0. The summed E-state index contributed by atoms with van der Waals surface area (Å²) in [6.07, 6.45) is 45.6. The first-order valence-corrected chi connectivity index (χ1v) is 17.4. The first-order valence-electron chi connectivity index (χ1n) is 17.4. The Hall–Kier alpha value is 0.714. The summed E-state index contributed by atoms with van der Waals surface area (Å²) < 4.78 is 0. The van der Waals surface area contributed by atoms with Gasteiger partial charge in [-0.2, -0.15) is 12.8 Å². The third kappa shape index (κ3) is 46.9. The zero-order valence-electron chi connectivity index (χ0n) is 26.5. The van der Waals surface area contributed by atoms with Crippen LogP contribution in [0.15, 0.2) is 0 Å². The fraction of sp³-hybridized carbons (Fsp3) is 0.944. The average molecular weight is 555 g/mol. The van der Waals surface area contributed by atoms with Crippen LogP contribution in [-0.2, 0) is 21.7 Å². The molecule has 0 nitrogen and oxygen atoms in total. The van der Waals surface area contributed by atoms with E-state index < -0.39 is 0 Å². The van der Waals surface area contributed by atoms with Crippen LogP contribution < -0.4 is 0 Å². The smallest absolute Gasteiger partial charge is 0.343 e. The molecule has 0 saturated heterocycles.